The first kappa shape index (κ1) is 12.1. The number of carbonyl (C=O) groups is 1. The van der Waals surface area contributed by atoms with Gasteiger partial charge in [0.1, 0.15) is 29.6 Å². The van der Waals surface area contributed by atoms with Gasteiger partial charge in [-0.1, -0.05) is 0 Å². The quantitative estimate of drug-likeness (QED) is 0.769. The molecular weight excluding hydrogens is 248 g/mol. The molecule has 7 nitrogen and oxygen atoms in total. The lowest BCUT2D eigenvalue weighted by atomic mass is 10.0. The number of hydrogen-bond acceptors (Lipinski definition) is 6. The summed E-state index contributed by atoms with van der Waals surface area (Å²) in [5.74, 6) is 0.408. The third-order valence-corrected chi connectivity index (χ3v) is 3.52. The molecule has 0 aromatic carbocycles. The highest BCUT2D eigenvalue weighted by molar-refractivity contribution is 5.86. The third-order valence-electron chi connectivity index (χ3n) is 3.52. The molecule has 3 heterocycles. The highest BCUT2D eigenvalue weighted by Crippen LogP contribution is 2.36. The molecule has 100 valence electrons. The highest BCUT2D eigenvalue weighted by atomic mass is 16.5. The van der Waals surface area contributed by atoms with Crippen LogP contribution in [0.3, 0.4) is 0 Å². The van der Waals surface area contributed by atoms with E-state index in [4.69, 9.17) is 10.5 Å². The molecule has 1 aliphatic heterocycles. The standard InChI is InChI=1S/C12H14N4O3/c13-10-8-2-4-16(11(8)15-7-14-10)9-1-3-12(5-17,6-18)19-9/h2,4-5,7,9,18H,1,3,6H2,(H2,13,14,15)/t9-,12-/m1/s1. The van der Waals surface area contributed by atoms with Gasteiger partial charge in [0, 0.05) is 6.20 Å². The smallest absolute Gasteiger partial charge is 0.154 e. The van der Waals surface area contributed by atoms with E-state index in [-0.39, 0.29) is 12.8 Å². The Kier molecular flexibility index (Phi) is 2.72. The maximum Gasteiger partial charge on any atom is 0.154 e. The Morgan fingerprint density at radius 3 is 3.16 bits per heavy atom. The molecule has 3 rings (SSSR count). The molecule has 0 radical (unpaired) electrons. The van der Waals surface area contributed by atoms with Gasteiger partial charge in [0.25, 0.3) is 0 Å². The zero-order valence-corrected chi connectivity index (χ0v) is 10.2. The van der Waals surface area contributed by atoms with Crippen LogP contribution in [0.2, 0.25) is 0 Å². The molecule has 0 bridgehead atoms. The zero-order valence-electron chi connectivity index (χ0n) is 10.2. The van der Waals surface area contributed by atoms with Crippen LogP contribution in [0, 0.1) is 0 Å². The number of rotatable bonds is 3. The maximum atomic E-state index is 11.1. The summed E-state index contributed by atoms with van der Waals surface area (Å²) in [6.45, 7) is -0.316. The number of aldehydes is 1. The van der Waals surface area contributed by atoms with Gasteiger partial charge in [-0.05, 0) is 18.9 Å². The molecule has 0 saturated carbocycles. The Morgan fingerprint density at radius 2 is 2.47 bits per heavy atom. The summed E-state index contributed by atoms with van der Waals surface area (Å²) < 4.78 is 7.50. The van der Waals surface area contributed by atoms with Crippen LogP contribution in [0.4, 0.5) is 5.82 Å². The lowest BCUT2D eigenvalue weighted by molar-refractivity contribution is -0.140. The van der Waals surface area contributed by atoms with Crippen molar-refractivity contribution in [2.75, 3.05) is 12.3 Å². The molecule has 0 amide bonds. The number of nitrogens with two attached hydrogens (primary N) is 1. The number of fused-ring (bicyclic) bond motifs is 1. The maximum absolute atomic E-state index is 11.1. The lowest BCUT2D eigenvalue weighted by Crippen LogP contribution is -2.34. The van der Waals surface area contributed by atoms with Gasteiger partial charge in [0.05, 0.1) is 12.0 Å². The van der Waals surface area contributed by atoms with Crippen LogP contribution in [0.1, 0.15) is 19.1 Å². The second-order valence-electron chi connectivity index (χ2n) is 4.67. The van der Waals surface area contributed by atoms with E-state index in [0.717, 1.165) is 5.39 Å². The van der Waals surface area contributed by atoms with Gasteiger partial charge in [0.15, 0.2) is 6.29 Å². The van der Waals surface area contributed by atoms with Gasteiger partial charge in [-0.25, -0.2) is 9.97 Å². The molecule has 2 atom stereocenters. The molecule has 2 aromatic heterocycles. The fraction of sp³-hybridized carbons (Fsp3) is 0.417. The largest absolute Gasteiger partial charge is 0.393 e. The molecule has 0 aliphatic carbocycles. The molecule has 1 aliphatic rings. The summed E-state index contributed by atoms with van der Waals surface area (Å²) >= 11 is 0. The van der Waals surface area contributed by atoms with E-state index < -0.39 is 5.60 Å². The molecule has 7 heteroatoms. The number of aliphatic hydroxyl groups excluding tert-OH is 1. The predicted molar refractivity (Wildman–Crippen MR) is 67.2 cm³/mol. The highest BCUT2D eigenvalue weighted by Gasteiger charge is 2.40. The summed E-state index contributed by atoms with van der Waals surface area (Å²) in [7, 11) is 0. The van der Waals surface area contributed by atoms with E-state index in [1.165, 1.54) is 6.33 Å². The Labute approximate surface area is 109 Å². The van der Waals surface area contributed by atoms with Crippen LogP contribution in [-0.2, 0) is 9.53 Å². The van der Waals surface area contributed by atoms with E-state index in [2.05, 4.69) is 9.97 Å². The van der Waals surface area contributed by atoms with E-state index in [9.17, 15) is 9.90 Å². The lowest BCUT2D eigenvalue weighted by Gasteiger charge is -2.21. The molecule has 0 unspecified atom stereocenters. The molecular formula is C12H14N4O3. The first-order valence-electron chi connectivity index (χ1n) is 6.01. The van der Waals surface area contributed by atoms with Crippen LogP contribution in [0.25, 0.3) is 11.0 Å². The second kappa shape index (κ2) is 4.29. The summed E-state index contributed by atoms with van der Waals surface area (Å²) in [6.07, 6.45) is 4.65. The average Bonchev–Trinajstić information content (AvgIpc) is 3.03. The van der Waals surface area contributed by atoms with Crippen molar-refractivity contribution in [3.63, 3.8) is 0 Å². The Hall–Kier alpha value is -1.99. The number of carbonyl (C=O) groups excluding carboxylic acids is 1. The zero-order chi connectivity index (χ0) is 13.5. The van der Waals surface area contributed by atoms with Crippen molar-refractivity contribution in [2.45, 2.75) is 24.7 Å². The molecule has 19 heavy (non-hydrogen) atoms. The van der Waals surface area contributed by atoms with Gasteiger partial charge >= 0.3 is 0 Å². The molecule has 3 N–H and O–H groups in total. The van der Waals surface area contributed by atoms with Crippen molar-refractivity contribution in [3.8, 4) is 0 Å². The normalized spacial score (nSPS) is 26.9. The average molecular weight is 262 g/mol. The Morgan fingerprint density at radius 1 is 1.63 bits per heavy atom. The Balaban J connectivity index is 1.98. The minimum absolute atomic E-state index is 0.316. The molecule has 1 saturated heterocycles. The van der Waals surface area contributed by atoms with Gasteiger partial charge in [-0.2, -0.15) is 0 Å². The summed E-state index contributed by atoms with van der Waals surface area (Å²) in [4.78, 5) is 19.2. The minimum Gasteiger partial charge on any atom is -0.393 e. The van der Waals surface area contributed by atoms with Crippen LogP contribution in [0.5, 0.6) is 0 Å². The van der Waals surface area contributed by atoms with E-state index in [1.54, 1.807) is 6.20 Å². The minimum atomic E-state index is -1.10. The van der Waals surface area contributed by atoms with Crippen LogP contribution in [0.15, 0.2) is 18.6 Å². The predicted octanol–water partition coefficient (Wildman–Crippen LogP) is 0.252. The number of ether oxygens (including phenoxy) is 1. The first-order chi connectivity index (χ1) is 9.19. The molecule has 2 aromatic rings. The number of hydrogen-bond donors (Lipinski definition) is 2. The van der Waals surface area contributed by atoms with Crippen molar-refractivity contribution in [1.82, 2.24) is 14.5 Å². The monoisotopic (exact) mass is 262 g/mol. The van der Waals surface area contributed by atoms with Gasteiger partial charge < -0.3 is 24.9 Å². The number of aliphatic hydroxyl groups is 1. The SMILES string of the molecule is Nc1ncnc2c1ccn2[C@H]1CC[C@@](C=O)(CO)O1. The number of nitrogens with zero attached hydrogens (tertiary/aromatic N) is 3. The second-order valence-corrected chi connectivity index (χ2v) is 4.67. The summed E-state index contributed by atoms with van der Waals surface area (Å²) in [5.41, 5.74) is 5.34. The fourth-order valence-corrected chi connectivity index (χ4v) is 2.42. The van der Waals surface area contributed by atoms with Crippen molar-refractivity contribution < 1.29 is 14.6 Å². The topological polar surface area (TPSA) is 103 Å². The fourth-order valence-electron chi connectivity index (χ4n) is 2.42. The van der Waals surface area contributed by atoms with Crippen LogP contribution >= 0.6 is 0 Å². The number of anilines is 1. The van der Waals surface area contributed by atoms with E-state index >= 15 is 0 Å². The Bertz CT molecular complexity index is 626. The van der Waals surface area contributed by atoms with Gasteiger partial charge in [0.2, 0.25) is 0 Å². The van der Waals surface area contributed by atoms with Crippen LogP contribution in [-0.4, -0.2) is 38.1 Å². The van der Waals surface area contributed by atoms with Crippen molar-refractivity contribution in [1.29, 1.82) is 0 Å². The van der Waals surface area contributed by atoms with Gasteiger partial charge in [-0.3, -0.25) is 0 Å². The van der Waals surface area contributed by atoms with Crippen LogP contribution < -0.4 is 5.73 Å². The number of nitrogen functional groups attached to an aromatic ring is 1. The van der Waals surface area contributed by atoms with Gasteiger partial charge in [-0.15, -0.1) is 0 Å². The third kappa shape index (κ3) is 1.78. The molecule has 1 fully saturated rings. The van der Waals surface area contributed by atoms with Crippen molar-refractivity contribution in [3.05, 3.63) is 18.6 Å². The van der Waals surface area contributed by atoms with Crippen molar-refractivity contribution >= 4 is 23.1 Å². The molecule has 0 spiro atoms. The number of aromatic nitrogens is 3. The summed E-state index contributed by atoms with van der Waals surface area (Å²) in [5, 5.41) is 10.0. The summed E-state index contributed by atoms with van der Waals surface area (Å²) in [6, 6.07) is 1.81. The van der Waals surface area contributed by atoms with Crippen molar-refractivity contribution in [2.24, 2.45) is 0 Å². The van der Waals surface area contributed by atoms with E-state index in [0.29, 0.717) is 30.6 Å². The first-order valence-corrected chi connectivity index (χ1v) is 6.01. The van der Waals surface area contributed by atoms with E-state index in [1.807, 2.05) is 10.6 Å².